The highest BCUT2D eigenvalue weighted by atomic mass is 16.6. The number of carbonyl (C=O) groups is 4. The molecule has 0 aromatic heterocycles. The van der Waals surface area contributed by atoms with Crippen molar-refractivity contribution in [2.45, 2.75) is 12.1 Å². The minimum Gasteiger partial charge on any atom is -0.329 e. The van der Waals surface area contributed by atoms with Crippen molar-refractivity contribution in [1.29, 1.82) is 0 Å². The van der Waals surface area contributed by atoms with Gasteiger partial charge in [-0.2, -0.15) is 0 Å². The minimum absolute atomic E-state index is 0.208. The lowest BCUT2D eigenvalue weighted by Gasteiger charge is -2.48. The number of nitrogens with one attached hydrogen (secondary N) is 4. The van der Waals surface area contributed by atoms with Gasteiger partial charge in [-0.1, -0.05) is 36.4 Å². The highest BCUT2D eigenvalue weighted by Crippen LogP contribution is 2.51. The summed E-state index contributed by atoms with van der Waals surface area (Å²) in [6.07, 6.45) is 0. The fourth-order valence-electron chi connectivity index (χ4n) is 4.21. The maximum absolute atomic E-state index is 13.3. The first-order valence-electron chi connectivity index (χ1n) is 9.38. The van der Waals surface area contributed by atoms with Gasteiger partial charge in [-0.15, -0.1) is 0 Å². The molecule has 14 nitrogen and oxygen atoms in total. The molecule has 2 aliphatic rings. The Labute approximate surface area is 183 Å². The van der Waals surface area contributed by atoms with Crippen LogP contribution in [0.3, 0.4) is 0 Å². The molecule has 6 amide bonds. The smallest absolute Gasteiger partial charge is 0.328 e. The largest absolute Gasteiger partial charge is 0.329 e. The fourth-order valence-corrected chi connectivity index (χ4v) is 4.21. The molecule has 33 heavy (non-hydrogen) atoms. The molecule has 168 valence electrons. The van der Waals surface area contributed by atoms with Gasteiger partial charge in [-0.25, -0.2) is 9.59 Å². The summed E-state index contributed by atoms with van der Waals surface area (Å²) in [4.78, 5) is 72.8. The van der Waals surface area contributed by atoms with Crippen molar-refractivity contribution < 1.29 is 29.0 Å². The number of imide groups is 2. The third-order valence-corrected chi connectivity index (χ3v) is 5.56. The molecule has 0 bridgehead atoms. The van der Waals surface area contributed by atoms with Gasteiger partial charge in [0.1, 0.15) is 0 Å². The van der Waals surface area contributed by atoms with Crippen LogP contribution >= 0.6 is 0 Å². The van der Waals surface area contributed by atoms with Crippen molar-refractivity contribution in [1.82, 2.24) is 21.3 Å². The molecule has 2 aromatic rings. The second-order valence-corrected chi connectivity index (χ2v) is 7.22. The molecule has 0 aliphatic carbocycles. The van der Waals surface area contributed by atoms with Crippen molar-refractivity contribution in [3.05, 3.63) is 79.9 Å². The number of hydrogen-bond acceptors (Lipinski definition) is 8. The molecular weight excluding hydrogens is 440 g/mol. The highest BCUT2D eigenvalue weighted by molar-refractivity contribution is 6.21. The molecule has 4 rings (SSSR count). The number of nitro groups is 2. The second kappa shape index (κ2) is 7.67. The Morgan fingerprint density at radius 3 is 1.45 bits per heavy atom. The van der Waals surface area contributed by atoms with Crippen LogP contribution in [0.5, 0.6) is 0 Å². The molecule has 0 unspecified atom stereocenters. The number of nitrogens with zero attached hydrogens (tertiary/aromatic N) is 2. The van der Waals surface area contributed by atoms with E-state index in [1.54, 1.807) is 0 Å². The van der Waals surface area contributed by atoms with Gasteiger partial charge in [0, 0.05) is 12.1 Å². The van der Waals surface area contributed by atoms with Crippen molar-refractivity contribution in [3.63, 3.8) is 0 Å². The maximum atomic E-state index is 13.3. The molecule has 2 fully saturated rings. The Morgan fingerprint density at radius 2 is 1.06 bits per heavy atom. The lowest BCUT2D eigenvalue weighted by molar-refractivity contribution is -0.386. The van der Waals surface area contributed by atoms with Crippen LogP contribution in [0.4, 0.5) is 21.0 Å². The third-order valence-electron chi connectivity index (χ3n) is 5.56. The Bertz CT molecular complexity index is 1150. The number of amides is 6. The topological polar surface area (TPSA) is 203 Å². The molecule has 4 N–H and O–H groups in total. The van der Waals surface area contributed by atoms with E-state index < -0.39 is 62.6 Å². The summed E-state index contributed by atoms with van der Waals surface area (Å²) in [7, 11) is 0. The molecule has 2 saturated heterocycles. The average Bonchev–Trinajstić information content (AvgIpc) is 2.77. The number of benzene rings is 2. The number of carbonyl (C=O) groups excluding carboxylic acids is 4. The molecule has 2 atom stereocenters. The quantitative estimate of drug-likeness (QED) is 0.297. The summed E-state index contributed by atoms with van der Waals surface area (Å²) in [5.74, 6) is -2.40. The van der Waals surface area contributed by atoms with E-state index >= 15 is 0 Å². The zero-order valence-electron chi connectivity index (χ0n) is 16.4. The van der Waals surface area contributed by atoms with Crippen molar-refractivity contribution in [2.24, 2.45) is 5.41 Å². The normalized spacial score (nSPS) is 21.5. The SMILES string of the molecule is O=C1NC(=O)C2(C(=O)N1)[C@H](c1ccccc1[N+](=O)[O-])NC(=O)N[C@H]2c1ccccc1[N+](=O)[O-]. The number of hydrogen-bond donors (Lipinski definition) is 4. The van der Waals surface area contributed by atoms with Gasteiger partial charge in [0.05, 0.1) is 33.1 Å². The van der Waals surface area contributed by atoms with Crippen molar-refractivity contribution >= 4 is 35.3 Å². The van der Waals surface area contributed by atoms with Crippen LogP contribution in [-0.4, -0.2) is 33.7 Å². The second-order valence-electron chi connectivity index (χ2n) is 7.22. The Balaban J connectivity index is 2.04. The molecule has 2 aliphatic heterocycles. The molecule has 14 heteroatoms. The Morgan fingerprint density at radius 1 is 0.667 bits per heavy atom. The highest BCUT2D eigenvalue weighted by Gasteiger charge is 2.66. The Kier molecular flexibility index (Phi) is 4.96. The third kappa shape index (κ3) is 3.20. The summed E-state index contributed by atoms with van der Waals surface area (Å²) in [6.45, 7) is 0. The van der Waals surface area contributed by atoms with Gasteiger partial charge < -0.3 is 10.6 Å². The summed E-state index contributed by atoms with van der Waals surface area (Å²) >= 11 is 0. The standard InChI is InChI=1S/C19H14N6O8/c26-15-19(16(27)23-18(29)22-15)13(9-5-1-3-7-11(9)24(30)31)20-17(28)21-14(19)10-6-2-4-8-12(10)25(32)33/h1-8,13-14H,(H2,20,21,28)(H2,22,23,26,27,29)/t13-,14-/m0/s1. The van der Waals surface area contributed by atoms with Gasteiger partial charge in [0.2, 0.25) is 11.8 Å². The zero-order chi connectivity index (χ0) is 23.9. The number of barbiturate groups is 1. The predicted octanol–water partition coefficient (Wildman–Crippen LogP) is 0.951. The summed E-state index contributed by atoms with van der Waals surface area (Å²) in [6, 6.07) is 4.79. The molecule has 2 aromatic carbocycles. The summed E-state index contributed by atoms with van der Waals surface area (Å²) < 4.78 is 0. The first-order valence-corrected chi connectivity index (χ1v) is 9.38. The van der Waals surface area contributed by atoms with Crippen molar-refractivity contribution in [3.8, 4) is 0 Å². The predicted molar refractivity (Wildman–Crippen MR) is 107 cm³/mol. The van der Waals surface area contributed by atoms with Crippen LogP contribution in [0.15, 0.2) is 48.5 Å². The van der Waals surface area contributed by atoms with Crippen LogP contribution in [-0.2, 0) is 9.59 Å². The average molecular weight is 454 g/mol. The molecular formula is C19H14N6O8. The summed E-state index contributed by atoms with van der Waals surface area (Å²) in [5, 5.41) is 31.9. The monoisotopic (exact) mass is 454 g/mol. The number of urea groups is 2. The fraction of sp³-hybridized carbons (Fsp3) is 0.158. The number of rotatable bonds is 4. The van der Waals surface area contributed by atoms with Crippen LogP contribution in [0, 0.1) is 25.6 Å². The molecule has 1 spiro atoms. The van der Waals surface area contributed by atoms with E-state index in [1.165, 1.54) is 36.4 Å². The van der Waals surface area contributed by atoms with Crippen LogP contribution in [0.25, 0.3) is 0 Å². The molecule has 0 saturated carbocycles. The zero-order valence-corrected chi connectivity index (χ0v) is 16.4. The van der Waals surface area contributed by atoms with E-state index in [0.29, 0.717) is 0 Å². The molecule has 0 radical (unpaired) electrons. The van der Waals surface area contributed by atoms with Gasteiger partial charge in [0.25, 0.3) is 11.4 Å². The van der Waals surface area contributed by atoms with E-state index in [2.05, 4.69) is 10.6 Å². The molecule has 2 heterocycles. The van der Waals surface area contributed by atoms with Crippen LogP contribution in [0.1, 0.15) is 23.2 Å². The summed E-state index contributed by atoms with van der Waals surface area (Å²) in [5.41, 5.74) is -3.88. The van der Waals surface area contributed by atoms with E-state index in [1.807, 2.05) is 10.6 Å². The lowest BCUT2D eigenvalue weighted by atomic mass is 9.65. The van der Waals surface area contributed by atoms with Gasteiger partial charge >= 0.3 is 12.1 Å². The van der Waals surface area contributed by atoms with Crippen molar-refractivity contribution in [2.75, 3.05) is 0 Å². The van der Waals surface area contributed by atoms with E-state index in [4.69, 9.17) is 0 Å². The van der Waals surface area contributed by atoms with Gasteiger partial charge in [0.15, 0.2) is 5.41 Å². The van der Waals surface area contributed by atoms with E-state index in [9.17, 15) is 39.4 Å². The van der Waals surface area contributed by atoms with E-state index in [0.717, 1.165) is 12.1 Å². The maximum Gasteiger partial charge on any atom is 0.328 e. The number of para-hydroxylation sites is 2. The van der Waals surface area contributed by atoms with E-state index in [-0.39, 0.29) is 11.1 Å². The van der Waals surface area contributed by atoms with Crippen LogP contribution < -0.4 is 21.3 Å². The van der Waals surface area contributed by atoms with Crippen LogP contribution in [0.2, 0.25) is 0 Å². The minimum atomic E-state index is -2.44. The first-order chi connectivity index (χ1) is 15.7. The lowest BCUT2D eigenvalue weighted by Crippen LogP contribution is -2.73. The Hall–Kier alpha value is -4.88. The number of nitro benzene ring substituents is 2. The first kappa shape index (κ1) is 21.4. The van der Waals surface area contributed by atoms with Gasteiger partial charge in [-0.05, 0) is 0 Å². The van der Waals surface area contributed by atoms with Gasteiger partial charge in [-0.3, -0.25) is 40.5 Å².